The number of thiophene rings is 1. The highest BCUT2D eigenvalue weighted by Crippen LogP contribution is 2.26. The molecule has 2 aromatic heterocycles. The van der Waals surface area contributed by atoms with Gasteiger partial charge in [-0.1, -0.05) is 11.6 Å². The van der Waals surface area contributed by atoms with Crippen LogP contribution in [0.5, 0.6) is 0 Å². The number of hydrogen-bond donors (Lipinski definition) is 0. The smallest absolute Gasteiger partial charge is 0.155 e. The van der Waals surface area contributed by atoms with Gasteiger partial charge in [-0.15, -0.1) is 0 Å². The van der Waals surface area contributed by atoms with E-state index in [1.54, 1.807) is 11.3 Å². The molecular weight excluding hydrogens is 216 g/mol. The van der Waals surface area contributed by atoms with Gasteiger partial charge in [0.1, 0.15) is 5.69 Å². The van der Waals surface area contributed by atoms with Crippen molar-refractivity contribution in [3.63, 3.8) is 0 Å². The standard InChI is InChI=1S/C10H9ClN2S/c1-6-7(2)13-10(11)9(12-6)8-3-4-14-5-8/h3-5H,1-2H3. The van der Waals surface area contributed by atoms with Crippen LogP contribution >= 0.6 is 22.9 Å². The van der Waals surface area contributed by atoms with Crippen molar-refractivity contribution in [2.75, 3.05) is 0 Å². The zero-order valence-corrected chi connectivity index (χ0v) is 9.49. The maximum absolute atomic E-state index is 6.02. The Labute approximate surface area is 91.6 Å². The molecule has 0 radical (unpaired) electrons. The molecule has 0 aromatic carbocycles. The Kier molecular flexibility index (Phi) is 2.52. The molecule has 14 heavy (non-hydrogen) atoms. The molecule has 0 saturated heterocycles. The van der Waals surface area contributed by atoms with E-state index in [1.165, 1.54) is 0 Å². The topological polar surface area (TPSA) is 25.8 Å². The van der Waals surface area contributed by atoms with Crippen LogP contribution in [0.1, 0.15) is 11.4 Å². The highest BCUT2D eigenvalue weighted by Gasteiger charge is 2.09. The molecule has 0 aliphatic heterocycles. The molecular formula is C10H9ClN2S. The lowest BCUT2D eigenvalue weighted by atomic mass is 10.2. The van der Waals surface area contributed by atoms with Gasteiger partial charge >= 0.3 is 0 Å². The van der Waals surface area contributed by atoms with E-state index >= 15 is 0 Å². The second-order valence-electron chi connectivity index (χ2n) is 3.05. The van der Waals surface area contributed by atoms with Crippen LogP contribution in [0.3, 0.4) is 0 Å². The maximum Gasteiger partial charge on any atom is 0.155 e. The van der Waals surface area contributed by atoms with Crippen LogP contribution in [-0.2, 0) is 0 Å². The van der Waals surface area contributed by atoms with E-state index in [2.05, 4.69) is 9.97 Å². The number of aromatic nitrogens is 2. The number of aryl methyl sites for hydroxylation is 2. The maximum atomic E-state index is 6.02. The molecule has 0 aliphatic carbocycles. The summed E-state index contributed by atoms with van der Waals surface area (Å²) in [5.74, 6) is 0. The van der Waals surface area contributed by atoms with Gasteiger partial charge in [-0.2, -0.15) is 11.3 Å². The second-order valence-corrected chi connectivity index (χ2v) is 4.18. The Bertz CT molecular complexity index is 451. The molecule has 4 heteroatoms. The average Bonchev–Trinajstić information content (AvgIpc) is 2.64. The van der Waals surface area contributed by atoms with Gasteiger partial charge in [-0.3, -0.25) is 0 Å². The summed E-state index contributed by atoms with van der Waals surface area (Å²) >= 11 is 7.65. The number of halogens is 1. The third kappa shape index (κ3) is 1.65. The molecule has 2 rings (SSSR count). The Morgan fingerprint density at radius 1 is 1.21 bits per heavy atom. The third-order valence-corrected chi connectivity index (χ3v) is 3.01. The zero-order valence-electron chi connectivity index (χ0n) is 7.91. The average molecular weight is 225 g/mol. The van der Waals surface area contributed by atoms with Gasteiger partial charge in [0.15, 0.2) is 5.15 Å². The van der Waals surface area contributed by atoms with Gasteiger partial charge in [0.25, 0.3) is 0 Å². The van der Waals surface area contributed by atoms with E-state index in [1.807, 2.05) is 30.7 Å². The van der Waals surface area contributed by atoms with E-state index in [0.717, 1.165) is 22.6 Å². The summed E-state index contributed by atoms with van der Waals surface area (Å²) in [7, 11) is 0. The molecule has 0 bridgehead atoms. The highest BCUT2D eigenvalue weighted by molar-refractivity contribution is 7.08. The fraction of sp³-hybridized carbons (Fsp3) is 0.200. The number of rotatable bonds is 1. The number of hydrogen-bond acceptors (Lipinski definition) is 3. The van der Waals surface area contributed by atoms with Gasteiger partial charge in [0.2, 0.25) is 0 Å². The SMILES string of the molecule is Cc1nc(Cl)c(-c2ccsc2)nc1C. The molecule has 0 spiro atoms. The highest BCUT2D eigenvalue weighted by atomic mass is 35.5. The molecule has 0 atom stereocenters. The lowest BCUT2D eigenvalue weighted by molar-refractivity contribution is 1.05. The zero-order chi connectivity index (χ0) is 10.1. The van der Waals surface area contributed by atoms with Gasteiger partial charge in [-0.05, 0) is 25.3 Å². The molecule has 0 saturated carbocycles. The first-order valence-electron chi connectivity index (χ1n) is 4.22. The Balaban J connectivity index is 2.60. The molecule has 0 unspecified atom stereocenters. The molecule has 0 aliphatic rings. The summed E-state index contributed by atoms with van der Waals surface area (Å²) in [5, 5.41) is 4.50. The molecule has 2 heterocycles. The molecule has 2 nitrogen and oxygen atoms in total. The molecule has 0 N–H and O–H groups in total. The van der Waals surface area contributed by atoms with Crippen LogP contribution in [-0.4, -0.2) is 9.97 Å². The van der Waals surface area contributed by atoms with Crippen molar-refractivity contribution in [2.24, 2.45) is 0 Å². The minimum atomic E-state index is 0.478. The minimum absolute atomic E-state index is 0.478. The Morgan fingerprint density at radius 3 is 2.57 bits per heavy atom. The predicted molar refractivity (Wildman–Crippen MR) is 59.8 cm³/mol. The predicted octanol–water partition coefficient (Wildman–Crippen LogP) is 3.48. The summed E-state index contributed by atoms with van der Waals surface area (Å²) in [6, 6.07) is 2.00. The first-order valence-corrected chi connectivity index (χ1v) is 5.54. The van der Waals surface area contributed by atoms with Crippen molar-refractivity contribution in [3.05, 3.63) is 33.4 Å². The van der Waals surface area contributed by atoms with E-state index in [9.17, 15) is 0 Å². The number of nitrogens with zero attached hydrogens (tertiary/aromatic N) is 2. The van der Waals surface area contributed by atoms with Gasteiger partial charge < -0.3 is 0 Å². The van der Waals surface area contributed by atoms with Gasteiger partial charge in [0, 0.05) is 10.9 Å². The van der Waals surface area contributed by atoms with Crippen molar-refractivity contribution in [2.45, 2.75) is 13.8 Å². The first-order chi connectivity index (χ1) is 6.68. The fourth-order valence-corrected chi connectivity index (χ4v) is 2.08. The van der Waals surface area contributed by atoms with Crippen LogP contribution in [0, 0.1) is 13.8 Å². The van der Waals surface area contributed by atoms with E-state index in [4.69, 9.17) is 11.6 Å². The molecule has 0 amide bonds. The monoisotopic (exact) mass is 224 g/mol. The quantitative estimate of drug-likeness (QED) is 0.741. The van der Waals surface area contributed by atoms with Crippen LogP contribution in [0.2, 0.25) is 5.15 Å². The van der Waals surface area contributed by atoms with Gasteiger partial charge in [-0.25, -0.2) is 9.97 Å². The van der Waals surface area contributed by atoms with Crippen molar-refractivity contribution in [1.82, 2.24) is 9.97 Å². The molecule has 72 valence electrons. The van der Waals surface area contributed by atoms with Crippen molar-refractivity contribution in [3.8, 4) is 11.3 Å². The summed E-state index contributed by atoms with van der Waals surface area (Å²) in [6.07, 6.45) is 0. The Morgan fingerprint density at radius 2 is 1.93 bits per heavy atom. The second kappa shape index (κ2) is 3.67. The lowest BCUT2D eigenvalue weighted by Gasteiger charge is -2.04. The van der Waals surface area contributed by atoms with Crippen LogP contribution in [0.4, 0.5) is 0 Å². The molecule has 2 aromatic rings. The van der Waals surface area contributed by atoms with Crippen molar-refractivity contribution in [1.29, 1.82) is 0 Å². The van der Waals surface area contributed by atoms with Crippen LogP contribution < -0.4 is 0 Å². The van der Waals surface area contributed by atoms with E-state index < -0.39 is 0 Å². The molecule has 0 fully saturated rings. The summed E-state index contributed by atoms with van der Waals surface area (Å²) in [6.45, 7) is 3.85. The first kappa shape index (κ1) is 9.62. The van der Waals surface area contributed by atoms with E-state index in [0.29, 0.717) is 5.15 Å². The summed E-state index contributed by atoms with van der Waals surface area (Å²) in [4.78, 5) is 8.66. The van der Waals surface area contributed by atoms with Crippen molar-refractivity contribution >= 4 is 22.9 Å². The minimum Gasteiger partial charge on any atom is -0.248 e. The van der Waals surface area contributed by atoms with Gasteiger partial charge in [0.05, 0.1) is 11.4 Å². The van der Waals surface area contributed by atoms with E-state index in [-0.39, 0.29) is 0 Å². The summed E-state index contributed by atoms with van der Waals surface area (Å²) in [5.41, 5.74) is 3.62. The van der Waals surface area contributed by atoms with Crippen LogP contribution in [0.25, 0.3) is 11.3 Å². The third-order valence-electron chi connectivity index (χ3n) is 2.06. The summed E-state index contributed by atoms with van der Waals surface area (Å²) < 4.78 is 0. The largest absolute Gasteiger partial charge is 0.248 e. The lowest BCUT2D eigenvalue weighted by Crippen LogP contribution is -1.95. The van der Waals surface area contributed by atoms with Crippen LogP contribution in [0.15, 0.2) is 16.8 Å². The normalized spacial score (nSPS) is 10.5. The fourth-order valence-electron chi connectivity index (χ4n) is 1.16. The Hall–Kier alpha value is -0.930. The van der Waals surface area contributed by atoms with Crippen molar-refractivity contribution < 1.29 is 0 Å².